The van der Waals surface area contributed by atoms with Gasteiger partial charge in [0.15, 0.2) is 11.3 Å². The van der Waals surface area contributed by atoms with E-state index in [4.69, 9.17) is 4.74 Å². The highest BCUT2D eigenvalue weighted by molar-refractivity contribution is 6.08. The Hall–Kier alpha value is -4.67. The maximum Gasteiger partial charge on any atom is 0.433 e. The summed E-state index contributed by atoms with van der Waals surface area (Å²) in [4.78, 5) is 17.4. The summed E-state index contributed by atoms with van der Waals surface area (Å²) in [5.41, 5.74) is 1.67. The number of fused-ring (bicyclic) bond motifs is 1. The van der Waals surface area contributed by atoms with Gasteiger partial charge in [0.1, 0.15) is 11.3 Å². The minimum Gasteiger partial charge on any atom is -0.497 e. The zero-order chi connectivity index (χ0) is 26.2. The van der Waals surface area contributed by atoms with Crippen LogP contribution in [0.3, 0.4) is 0 Å². The molecule has 0 aliphatic carbocycles. The van der Waals surface area contributed by atoms with Gasteiger partial charge in [0, 0.05) is 11.8 Å². The molecule has 0 spiro atoms. The number of methoxy groups -OCH3 is 1. The number of carbonyl (C=O) groups is 1. The molecule has 37 heavy (non-hydrogen) atoms. The summed E-state index contributed by atoms with van der Waals surface area (Å²) in [7, 11) is 1.49. The molecule has 0 saturated heterocycles. The number of nitrogens with one attached hydrogen (secondary N) is 1. The van der Waals surface area contributed by atoms with Crippen LogP contribution >= 0.6 is 0 Å². The first-order valence-corrected chi connectivity index (χ1v) is 11.2. The lowest BCUT2D eigenvalue weighted by Gasteiger charge is -2.12. The van der Waals surface area contributed by atoms with E-state index in [1.165, 1.54) is 13.3 Å². The number of rotatable bonds is 6. The maximum atomic E-state index is 13.9. The summed E-state index contributed by atoms with van der Waals surface area (Å²) < 4.78 is 49.0. The van der Waals surface area contributed by atoms with Gasteiger partial charge >= 0.3 is 6.18 Å². The molecule has 8 nitrogen and oxygen atoms in total. The lowest BCUT2D eigenvalue weighted by atomic mass is 10.1. The summed E-state index contributed by atoms with van der Waals surface area (Å²) in [5, 5.41) is 10.7. The first-order chi connectivity index (χ1) is 17.7. The number of nitrogens with zero attached hydrogens (tertiary/aromatic N) is 5. The van der Waals surface area contributed by atoms with Crippen LogP contribution in [0.4, 0.5) is 18.9 Å². The second-order valence-corrected chi connectivity index (χ2v) is 8.41. The second-order valence-electron chi connectivity index (χ2n) is 8.41. The molecule has 0 aliphatic heterocycles. The van der Waals surface area contributed by atoms with Crippen LogP contribution in [0.1, 0.15) is 27.2 Å². The number of amides is 1. The van der Waals surface area contributed by atoms with Crippen LogP contribution < -0.4 is 10.1 Å². The van der Waals surface area contributed by atoms with E-state index in [1.807, 2.05) is 31.2 Å². The number of ether oxygens (including phenoxy) is 1. The van der Waals surface area contributed by atoms with Gasteiger partial charge in [-0.15, -0.1) is 0 Å². The van der Waals surface area contributed by atoms with E-state index in [2.05, 4.69) is 20.5 Å². The van der Waals surface area contributed by atoms with Gasteiger partial charge in [-0.2, -0.15) is 23.4 Å². The topological polar surface area (TPSA) is 86.3 Å². The minimum absolute atomic E-state index is 0.0444. The largest absolute Gasteiger partial charge is 0.497 e. The molecule has 0 atom stereocenters. The smallest absolute Gasteiger partial charge is 0.433 e. The molecule has 0 saturated carbocycles. The lowest BCUT2D eigenvalue weighted by Crippen LogP contribution is -2.15. The number of aromatic nitrogens is 5. The Balaban J connectivity index is 1.45. The summed E-state index contributed by atoms with van der Waals surface area (Å²) in [6.45, 7) is 2.49. The van der Waals surface area contributed by atoms with E-state index in [9.17, 15) is 18.0 Å². The van der Waals surface area contributed by atoms with Crippen LogP contribution in [0.15, 0.2) is 73.2 Å². The second kappa shape index (κ2) is 9.41. The Morgan fingerprint density at radius 3 is 2.43 bits per heavy atom. The molecule has 5 aromatic rings. The Labute approximate surface area is 209 Å². The number of hydrogen-bond donors (Lipinski definition) is 1. The third kappa shape index (κ3) is 5.01. The highest BCUT2D eigenvalue weighted by atomic mass is 19.4. The van der Waals surface area contributed by atoms with Gasteiger partial charge in [0.25, 0.3) is 5.91 Å². The average molecular weight is 506 g/mol. The molecule has 188 valence electrons. The van der Waals surface area contributed by atoms with Crippen LogP contribution in [0.25, 0.3) is 16.9 Å². The van der Waals surface area contributed by atoms with Crippen molar-refractivity contribution in [2.45, 2.75) is 19.6 Å². The maximum absolute atomic E-state index is 13.9. The third-order valence-corrected chi connectivity index (χ3v) is 5.75. The first kappa shape index (κ1) is 24.0. The average Bonchev–Trinajstić information content (AvgIpc) is 3.51. The van der Waals surface area contributed by atoms with Gasteiger partial charge < -0.3 is 10.1 Å². The van der Waals surface area contributed by atoms with Crippen LogP contribution in [0.2, 0.25) is 0 Å². The molecule has 3 heterocycles. The fourth-order valence-corrected chi connectivity index (χ4v) is 3.83. The van der Waals surface area contributed by atoms with E-state index < -0.39 is 17.8 Å². The van der Waals surface area contributed by atoms with E-state index in [-0.39, 0.29) is 16.9 Å². The lowest BCUT2D eigenvalue weighted by molar-refractivity contribution is -0.142. The first-order valence-electron chi connectivity index (χ1n) is 11.2. The molecule has 2 aromatic carbocycles. The molecule has 5 rings (SSSR count). The molecule has 1 N–H and O–H groups in total. The zero-order valence-electron chi connectivity index (χ0n) is 19.8. The highest BCUT2D eigenvalue weighted by Gasteiger charge is 2.36. The zero-order valence-corrected chi connectivity index (χ0v) is 19.8. The van der Waals surface area contributed by atoms with Crippen molar-refractivity contribution in [2.24, 2.45) is 0 Å². The van der Waals surface area contributed by atoms with Crippen molar-refractivity contribution in [3.63, 3.8) is 0 Å². The summed E-state index contributed by atoms with van der Waals surface area (Å²) >= 11 is 0. The van der Waals surface area contributed by atoms with Gasteiger partial charge in [0.05, 0.1) is 37.4 Å². The highest BCUT2D eigenvalue weighted by Crippen LogP contribution is 2.33. The van der Waals surface area contributed by atoms with E-state index >= 15 is 0 Å². The normalized spacial score (nSPS) is 11.6. The monoisotopic (exact) mass is 506 g/mol. The van der Waals surface area contributed by atoms with Crippen molar-refractivity contribution in [2.75, 3.05) is 12.4 Å². The number of benzene rings is 2. The van der Waals surface area contributed by atoms with Crippen molar-refractivity contribution >= 4 is 17.2 Å². The number of halogens is 3. The molecule has 0 aliphatic rings. The van der Waals surface area contributed by atoms with Gasteiger partial charge in [0.2, 0.25) is 0 Å². The van der Waals surface area contributed by atoms with Gasteiger partial charge in [-0.3, -0.25) is 9.48 Å². The number of alkyl halides is 3. The van der Waals surface area contributed by atoms with Crippen molar-refractivity contribution in [1.29, 1.82) is 0 Å². The molecule has 3 aromatic heterocycles. The van der Waals surface area contributed by atoms with Crippen molar-refractivity contribution in [3.8, 4) is 17.0 Å². The Morgan fingerprint density at radius 2 is 1.76 bits per heavy atom. The standard InChI is InChI=1S/C26H21F3N6O2/c1-16-3-5-17(6-4-16)14-34-15-19(12-30-34)32-25(36)21-13-31-35-23(26(27,28)29)11-22(33-24(21)35)18-7-9-20(37-2)10-8-18/h3-13,15H,14H2,1-2H3,(H,32,36). The summed E-state index contributed by atoms with van der Waals surface area (Å²) in [6, 6.07) is 15.3. The fraction of sp³-hybridized carbons (Fsp3) is 0.154. The molecular weight excluding hydrogens is 485 g/mol. The van der Waals surface area contributed by atoms with Crippen molar-refractivity contribution in [3.05, 3.63) is 95.6 Å². The van der Waals surface area contributed by atoms with Crippen molar-refractivity contribution < 1.29 is 22.7 Å². The summed E-state index contributed by atoms with van der Waals surface area (Å²) in [5.74, 6) is -0.106. The third-order valence-electron chi connectivity index (χ3n) is 5.75. The molecule has 0 radical (unpaired) electrons. The Morgan fingerprint density at radius 1 is 1.03 bits per heavy atom. The number of anilines is 1. The Bertz CT molecular complexity index is 1570. The SMILES string of the molecule is COc1ccc(-c2cc(C(F)(F)F)n3ncc(C(=O)Nc4cnn(Cc5ccc(C)cc5)c4)c3n2)cc1. The van der Waals surface area contributed by atoms with Crippen LogP contribution in [-0.2, 0) is 12.7 Å². The molecule has 11 heteroatoms. The molecule has 0 unspecified atom stereocenters. The molecule has 1 amide bonds. The minimum atomic E-state index is -4.72. The number of aryl methyl sites for hydroxylation is 1. The quantitative estimate of drug-likeness (QED) is 0.341. The number of hydrogen-bond acceptors (Lipinski definition) is 5. The van der Waals surface area contributed by atoms with Crippen LogP contribution in [-0.4, -0.2) is 37.4 Å². The van der Waals surface area contributed by atoms with Crippen LogP contribution in [0.5, 0.6) is 5.75 Å². The fourth-order valence-electron chi connectivity index (χ4n) is 3.83. The van der Waals surface area contributed by atoms with E-state index in [1.54, 1.807) is 35.1 Å². The molecule has 0 bridgehead atoms. The predicted octanol–water partition coefficient (Wildman–Crippen LogP) is 5.23. The van der Waals surface area contributed by atoms with Gasteiger partial charge in [-0.25, -0.2) is 9.50 Å². The molecule has 0 fully saturated rings. The van der Waals surface area contributed by atoms with Crippen LogP contribution in [0, 0.1) is 6.92 Å². The van der Waals surface area contributed by atoms with E-state index in [0.29, 0.717) is 28.1 Å². The predicted molar refractivity (Wildman–Crippen MR) is 130 cm³/mol. The van der Waals surface area contributed by atoms with Gasteiger partial charge in [-0.05, 0) is 42.8 Å². The molecular formula is C26H21F3N6O2. The Kier molecular flexibility index (Phi) is 6.12. The number of carbonyl (C=O) groups excluding carboxylic acids is 1. The summed E-state index contributed by atoms with van der Waals surface area (Å²) in [6.07, 6.45) is -0.545. The van der Waals surface area contributed by atoms with E-state index in [0.717, 1.165) is 23.4 Å². The van der Waals surface area contributed by atoms with Gasteiger partial charge in [-0.1, -0.05) is 29.8 Å². The van der Waals surface area contributed by atoms with Crippen molar-refractivity contribution in [1.82, 2.24) is 24.4 Å².